The number of aromatic nitrogens is 3. The molecule has 4 rings (SSSR count). The Bertz CT molecular complexity index is 1380. The van der Waals surface area contributed by atoms with E-state index in [1.807, 2.05) is 4.72 Å². The molecule has 0 bridgehead atoms. The number of nitrogens with two attached hydrogens (primary N) is 1. The SMILES string of the molecule is Nc1n[nH]c2ccnc(-c3ccc(NS(=O)(=O)C(F)F)c(OCc4ccc(F)cc4)c3)c12. The van der Waals surface area contributed by atoms with Crippen molar-refractivity contribution in [1.82, 2.24) is 15.2 Å². The lowest BCUT2D eigenvalue weighted by molar-refractivity contribution is 0.236. The highest BCUT2D eigenvalue weighted by atomic mass is 32.2. The third-order valence-electron chi connectivity index (χ3n) is 4.55. The normalized spacial score (nSPS) is 11.8. The molecule has 0 amide bonds. The zero-order valence-electron chi connectivity index (χ0n) is 16.2. The van der Waals surface area contributed by atoms with Crippen LogP contribution in [-0.2, 0) is 16.6 Å². The number of hydrogen-bond donors (Lipinski definition) is 3. The van der Waals surface area contributed by atoms with E-state index in [1.54, 1.807) is 6.07 Å². The molecule has 0 fully saturated rings. The fourth-order valence-corrected chi connectivity index (χ4v) is 3.59. The van der Waals surface area contributed by atoms with Crippen LogP contribution in [0.1, 0.15) is 5.56 Å². The first-order valence-corrected chi connectivity index (χ1v) is 10.7. The third kappa shape index (κ3) is 4.30. The van der Waals surface area contributed by atoms with E-state index >= 15 is 0 Å². The van der Waals surface area contributed by atoms with Crippen LogP contribution in [0.5, 0.6) is 5.75 Å². The Morgan fingerprint density at radius 1 is 1.12 bits per heavy atom. The molecular formula is C20H16F3N5O3S. The number of ether oxygens (including phenoxy) is 1. The summed E-state index contributed by atoms with van der Waals surface area (Å²) in [4.78, 5) is 4.32. The van der Waals surface area contributed by atoms with Crippen LogP contribution >= 0.6 is 0 Å². The first-order chi connectivity index (χ1) is 15.2. The number of fused-ring (bicyclic) bond motifs is 1. The van der Waals surface area contributed by atoms with E-state index in [4.69, 9.17) is 10.5 Å². The maximum absolute atomic E-state index is 13.1. The molecule has 0 atom stereocenters. The van der Waals surface area contributed by atoms with E-state index in [9.17, 15) is 21.6 Å². The van der Waals surface area contributed by atoms with Crippen LogP contribution in [0.2, 0.25) is 0 Å². The van der Waals surface area contributed by atoms with Crippen molar-refractivity contribution in [3.63, 3.8) is 0 Å². The lowest BCUT2D eigenvalue weighted by atomic mass is 10.1. The number of benzene rings is 2. The van der Waals surface area contributed by atoms with Crippen molar-refractivity contribution in [1.29, 1.82) is 0 Å². The highest BCUT2D eigenvalue weighted by Crippen LogP contribution is 2.35. The molecule has 8 nitrogen and oxygen atoms in total. The predicted octanol–water partition coefficient (Wildman–Crippen LogP) is 3.89. The second kappa shape index (κ2) is 8.38. The van der Waals surface area contributed by atoms with Crippen LogP contribution in [-0.4, -0.2) is 29.4 Å². The molecule has 4 N–H and O–H groups in total. The monoisotopic (exact) mass is 463 g/mol. The summed E-state index contributed by atoms with van der Waals surface area (Å²) in [6, 6.07) is 11.3. The summed E-state index contributed by atoms with van der Waals surface area (Å²) < 4.78 is 69.8. The molecule has 0 spiro atoms. The maximum atomic E-state index is 13.1. The summed E-state index contributed by atoms with van der Waals surface area (Å²) in [6.45, 7) is -0.0708. The van der Waals surface area contributed by atoms with Gasteiger partial charge in [0.15, 0.2) is 5.82 Å². The Balaban J connectivity index is 1.75. The number of nitrogens with zero attached hydrogens (tertiary/aromatic N) is 2. The molecule has 4 aromatic rings. The highest BCUT2D eigenvalue weighted by Gasteiger charge is 2.25. The van der Waals surface area contributed by atoms with Gasteiger partial charge in [0.05, 0.1) is 22.3 Å². The van der Waals surface area contributed by atoms with Gasteiger partial charge >= 0.3 is 5.76 Å². The van der Waals surface area contributed by atoms with Gasteiger partial charge in [-0.25, -0.2) is 12.8 Å². The van der Waals surface area contributed by atoms with Crippen LogP contribution in [0.15, 0.2) is 54.7 Å². The minimum absolute atomic E-state index is 0.0306. The standard InChI is InChI=1S/C20H16F3N5O3S/c21-13-4-1-11(2-5-13)10-31-16-9-12(3-6-14(16)28-32(29,30)20(22)23)18-17-15(7-8-25-18)26-27-19(17)24/h1-9,20,28H,10H2,(H3,24,26,27). The summed E-state index contributed by atoms with van der Waals surface area (Å²) in [5.74, 6) is -3.89. The van der Waals surface area contributed by atoms with Crippen molar-refractivity contribution in [3.8, 4) is 17.0 Å². The van der Waals surface area contributed by atoms with Gasteiger partial charge in [0.25, 0.3) is 10.0 Å². The molecule has 0 aliphatic heterocycles. The van der Waals surface area contributed by atoms with Gasteiger partial charge in [-0.3, -0.25) is 14.8 Å². The molecule has 0 saturated carbocycles. The molecule has 32 heavy (non-hydrogen) atoms. The molecule has 0 saturated heterocycles. The van der Waals surface area contributed by atoms with Crippen LogP contribution in [0, 0.1) is 5.82 Å². The predicted molar refractivity (Wildman–Crippen MR) is 113 cm³/mol. The van der Waals surface area contributed by atoms with E-state index in [2.05, 4.69) is 15.2 Å². The zero-order chi connectivity index (χ0) is 22.9. The van der Waals surface area contributed by atoms with Gasteiger partial charge in [-0.1, -0.05) is 18.2 Å². The Morgan fingerprint density at radius 2 is 1.88 bits per heavy atom. The lowest BCUT2D eigenvalue weighted by Crippen LogP contribution is -2.21. The average molecular weight is 463 g/mol. The van der Waals surface area contributed by atoms with Crippen LogP contribution in [0.25, 0.3) is 22.2 Å². The molecule has 166 valence electrons. The number of rotatable bonds is 7. The highest BCUT2D eigenvalue weighted by molar-refractivity contribution is 7.93. The van der Waals surface area contributed by atoms with Crippen LogP contribution < -0.4 is 15.2 Å². The van der Waals surface area contributed by atoms with Crippen molar-refractivity contribution >= 4 is 32.4 Å². The summed E-state index contributed by atoms with van der Waals surface area (Å²) in [5, 5.41) is 7.26. The number of halogens is 3. The minimum atomic E-state index is -4.94. The molecule has 0 aliphatic carbocycles. The second-order valence-corrected chi connectivity index (χ2v) is 8.38. The minimum Gasteiger partial charge on any atom is -0.487 e. The topological polar surface area (TPSA) is 123 Å². The number of aromatic amines is 1. The van der Waals surface area contributed by atoms with E-state index in [-0.39, 0.29) is 23.9 Å². The van der Waals surface area contributed by atoms with Gasteiger partial charge in [0.1, 0.15) is 18.2 Å². The Hall–Kier alpha value is -3.80. The van der Waals surface area contributed by atoms with Gasteiger partial charge < -0.3 is 10.5 Å². The molecule has 0 aliphatic rings. The summed E-state index contributed by atoms with van der Waals surface area (Å²) >= 11 is 0. The van der Waals surface area contributed by atoms with Gasteiger partial charge in [0.2, 0.25) is 0 Å². The lowest BCUT2D eigenvalue weighted by Gasteiger charge is -2.15. The smallest absolute Gasteiger partial charge is 0.355 e. The van der Waals surface area contributed by atoms with Crippen LogP contribution in [0.3, 0.4) is 0 Å². The number of anilines is 2. The molecule has 2 aromatic heterocycles. The molecule has 2 aromatic carbocycles. The van der Waals surface area contributed by atoms with Crippen molar-refractivity contribution in [2.45, 2.75) is 12.4 Å². The molecule has 2 heterocycles. The molecule has 0 unspecified atom stereocenters. The van der Waals surface area contributed by atoms with Crippen molar-refractivity contribution in [2.24, 2.45) is 0 Å². The first kappa shape index (κ1) is 21.4. The first-order valence-electron chi connectivity index (χ1n) is 9.14. The van der Waals surface area contributed by atoms with Gasteiger partial charge in [0, 0.05) is 11.8 Å². The van der Waals surface area contributed by atoms with Gasteiger partial charge in [-0.15, -0.1) is 0 Å². The number of hydrogen-bond acceptors (Lipinski definition) is 6. The molecule has 0 radical (unpaired) electrons. The Kier molecular flexibility index (Phi) is 5.61. The second-order valence-electron chi connectivity index (χ2n) is 6.72. The summed E-state index contributed by atoms with van der Waals surface area (Å²) in [5.41, 5.74) is 7.86. The number of H-pyrrole nitrogens is 1. The Morgan fingerprint density at radius 3 is 2.59 bits per heavy atom. The largest absolute Gasteiger partial charge is 0.487 e. The average Bonchev–Trinajstić information content (AvgIpc) is 3.15. The number of nitrogen functional groups attached to an aromatic ring is 1. The van der Waals surface area contributed by atoms with E-state index in [0.717, 1.165) is 0 Å². The molecule has 12 heteroatoms. The third-order valence-corrected chi connectivity index (χ3v) is 5.53. The number of alkyl halides is 2. The van der Waals surface area contributed by atoms with Crippen LogP contribution in [0.4, 0.5) is 24.7 Å². The summed E-state index contributed by atoms with van der Waals surface area (Å²) in [7, 11) is -4.94. The van der Waals surface area contributed by atoms with E-state index < -0.39 is 21.6 Å². The van der Waals surface area contributed by atoms with E-state index in [1.165, 1.54) is 48.7 Å². The summed E-state index contributed by atoms with van der Waals surface area (Å²) in [6.07, 6.45) is 1.53. The quantitative estimate of drug-likeness (QED) is 0.382. The fourth-order valence-electron chi connectivity index (χ4n) is 3.02. The number of sulfonamides is 1. The van der Waals surface area contributed by atoms with Crippen molar-refractivity contribution in [3.05, 3.63) is 66.1 Å². The van der Waals surface area contributed by atoms with Gasteiger partial charge in [-0.2, -0.15) is 13.9 Å². The van der Waals surface area contributed by atoms with E-state index in [0.29, 0.717) is 27.7 Å². The van der Waals surface area contributed by atoms with Crippen molar-refractivity contribution < 1.29 is 26.3 Å². The zero-order valence-corrected chi connectivity index (χ0v) is 17.0. The number of pyridine rings is 1. The molecular weight excluding hydrogens is 447 g/mol. The number of nitrogens with one attached hydrogen (secondary N) is 2. The fraction of sp³-hybridized carbons (Fsp3) is 0.100. The maximum Gasteiger partial charge on any atom is 0.355 e. The Labute approximate surface area is 180 Å². The van der Waals surface area contributed by atoms with Crippen molar-refractivity contribution in [2.75, 3.05) is 10.5 Å². The van der Waals surface area contributed by atoms with Gasteiger partial charge in [-0.05, 0) is 35.9 Å².